The second kappa shape index (κ2) is 6.49. The second-order valence-electron chi connectivity index (χ2n) is 7.25. The molecule has 6 heteroatoms. The van der Waals surface area contributed by atoms with Crippen molar-refractivity contribution in [3.05, 3.63) is 0 Å². The Morgan fingerprint density at radius 3 is 2.48 bits per heavy atom. The number of likely N-dealkylation sites (tertiary alicyclic amines) is 1. The average molecular weight is 321 g/mol. The summed E-state index contributed by atoms with van der Waals surface area (Å²) in [6, 6.07) is -0.196. The minimum atomic E-state index is -0.749. The van der Waals surface area contributed by atoms with Crippen molar-refractivity contribution in [1.29, 1.82) is 0 Å². The lowest BCUT2D eigenvalue weighted by Crippen LogP contribution is -2.49. The fraction of sp³-hybridized carbons (Fsp3) is 0.824. The summed E-state index contributed by atoms with van der Waals surface area (Å²) in [6.45, 7) is 2.65. The lowest BCUT2D eigenvalue weighted by Gasteiger charge is -2.34. The molecular weight excluding hydrogens is 294 g/mol. The molecule has 1 unspecified atom stereocenters. The Balaban J connectivity index is 1.69. The maximum absolute atomic E-state index is 12.8. The van der Waals surface area contributed by atoms with Gasteiger partial charge in [-0.05, 0) is 39.0 Å². The minimum absolute atomic E-state index is 0.105. The number of amides is 4. The zero-order chi connectivity index (χ0) is 16.4. The highest BCUT2D eigenvalue weighted by Gasteiger charge is 2.51. The van der Waals surface area contributed by atoms with E-state index < -0.39 is 11.6 Å². The van der Waals surface area contributed by atoms with Crippen molar-refractivity contribution in [3.63, 3.8) is 0 Å². The van der Waals surface area contributed by atoms with Crippen LogP contribution in [0.3, 0.4) is 0 Å². The van der Waals surface area contributed by atoms with Gasteiger partial charge in [-0.2, -0.15) is 0 Å². The molecular formula is C17H27N3O3. The van der Waals surface area contributed by atoms with Gasteiger partial charge in [-0.15, -0.1) is 0 Å². The highest BCUT2D eigenvalue weighted by molar-refractivity contribution is 6.09. The SMILES string of the molecule is CC1CCCCN1C(=O)CN1C(=O)NC2(CCCCCC2)C1=O. The van der Waals surface area contributed by atoms with E-state index in [1.165, 1.54) is 0 Å². The summed E-state index contributed by atoms with van der Waals surface area (Å²) in [5.74, 6) is -0.297. The van der Waals surface area contributed by atoms with Crippen LogP contribution in [0.4, 0.5) is 4.79 Å². The summed E-state index contributed by atoms with van der Waals surface area (Å²) >= 11 is 0. The molecule has 2 aliphatic heterocycles. The largest absolute Gasteiger partial charge is 0.338 e. The van der Waals surface area contributed by atoms with Crippen LogP contribution in [0.1, 0.15) is 64.7 Å². The molecule has 0 radical (unpaired) electrons. The lowest BCUT2D eigenvalue weighted by molar-refractivity contribution is -0.141. The van der Waals surface area contributed by atoms with Crippen LogP contribution in [0.5, 0.6) is 0 Å². The highest BCUT2D eigenvalue weighted by atomic mass is 16.2. The zero-order valence-electron chi connectivity index (χ0n) is 14.0. The molecule has 6 nitrogen and oxygen atoms in total. The van der Waals surface area contributed by atoms with Crippen molar-refractivity contribution >= 4 is 17.8 Å². The molecule has 1 spiro atoms. The molecule has 1 N–H and O–H groups in total. The van der Waals surface area contributed by atoms with Gasteiger partial charge in [0.05, 0.1) is 0 Å². The normalized spacial score (nSPS) is 28.0. The quantitative estimate of drug-likeness (QED) is 0.791. The Morgan fingerprint density at radius 2 is 1.83 bits per heavy atom. The number of piperidine rings is 1. The van der Waals surface area contributed by atoms with Gasteiger partial charge in [0.25, 0.3) is 5.91 Å². The van der Waals surface area contributed by atoms with Crippen molar-refractivity contribution in [3.8, 4) is 0 Å². The smallest absolute Gasteiger partial charge is 0.325 e. The van der Waals surface area contributed by atoms with E-state index in [2.05, 4.69) is 5.32 Å². The molecule has 0 aromatic heterocycles. The predicted octanol–water partition coefficient (Wildman–Crippen LogP) is 2.03. The Kier molecular flexibility index (Phi) is 4.60. The van der Waals surface area contributed by atoms with Crippen LogP contribution < -0.4 is 5.32 Å². The minimum Gasteiger partial charge on any atom is -0.338 e. The molecule has 3 aliphatic rings. The maximum Gasteiger partial charge on any atom is 0.325 e. The van der Waals surface area contributed by atoms with Crippen molar-refractivity contribution < 1.29 is 14.4 Å². The molecule has 23 heavy (non-hydrogen) atoms. The number of rotatable bonds is 2. The van der Waals surface area contributed by atoms with E-state index in [4.69, 9.17) is 0 Å². The molecule has 0 aromatic carbocycles. The first-order valence-corrected chi connectivity index (χ1v) is 8.97. The van der Waals surface area contributed by atoms with E-state index in [1.807, 2.05) is 11.8 Å². The molecule has 128 valence electrons. The summed E-state index contributed by atoms with van der Waals surface area (Å²) < 4.78 is 0. The maximum atomic E-state index is 12.8. The topological polar surface area (TPSA) is 69.7 Å². The number of nitrogens with zero attached hydrogens (tertiary/aromatic N) is 2. The van der Waals surface area contributed by atoms with Gasteiger partial charge in [0.1, 0.15) is 12.1 Å². The van der Waals surface area contributed by atoms with Gasteiger partial charge in [0.15, 0.2) is 0 Å². The number of hydrogen-bond acceptors (Lipinski definition) is 3. The number of urea groups is 1. The molecule has 3 fully saturated rings. The summed E-state index contributed by atoms with van der Waals surface area (Å²) in [5, 5.41) is 2.90. The zero-order valence-corrected chi connectivity index (χ0v) is 14.0. The number of carbonyl (C=O) groups excluding carboxylic acids is 3. The molecule has 1 atom stereocenters. The Morgan fingerprint density at radius 1 is 1.13 bits per heavy atom. The third-order valence-electron chi connectivity index (χ3n) is 5.62. The third-order valence-corrected chi connectivity index (χ3v) is 5.62. The highest BCUT2D eigenvalue weighted by Crippen LogP contribution is 2.32. The van der Waals surface area contributed by atoms with Crippen LogP contribution in [0.25, 0.3) is 0 Å². The summed E-state index contributed by atoms with van der Waals surface area (Å²) in [4.78, 5) is 40.6. The van der Waals surface area contributed by atoms with Crippen molar-refractivity contribution in [1.82, 2.24) is 15.1 Å². The van der Waals surface area contributed by atoms with E-state index in [0.717, 1.165) is 56.4 Å². The van der Waals surface area contributed by atoms with E-state index in [0.29, 0.717) is 12.8 Å². The molecule has 0 aromatic rings. The van der Waals surface area contributed by atoms with Crippen LogP contribution in [0.15, 0.2) is 0 Å². The predicted molar refractivity (Wildman–Crippen MR) is 85.7 cm³/mol. The van der Waals surface area contributed by atoms with Crippen molar-refractivity contribution in [2.75, 3.05) is 13.1 Å². The van der Waals surface area contributed by atoms with E-state index in [9.17, 15) is 14.4 Å². The Bertz CT molecular complexity index is 497. The number of imide groups is 1. The molecule has 3 rings (SSSR count). The third kappa shape index (κ3) is 3.08. The first-order chi connectivity index (χ1) is 11.0. The van der Waals surface area contributed by atoms with Gasteiger partial charge < -0.3 is 10.2 Å². The Labute approximate surface area is 137 Å². The number of nitrogens with one attached hydrogen (secondary N) is 1. The monoisotopic (exact) mass is 321 g/mol. The molecule has 1 saturated carbocycles. The average Bonchev–Trinajstić information content (AvgIpc) is 2.72. The molecule has 4 amide bonds. The van der Waals surface area contributed by atoms with E-state index in [-0.39, 0.29) is 24.4 Å². The van der Waals surface area contributed by atoms with Gasteiger partial charge in [-0.3, -0.25) is 14.5 Å². The van der Waals surface area contributed by atoms with Gasteiger partial charge >= 0.3 is 6.03 Å². The fourth-order valence-electron chi connectivity index (χ4n) is 4.19. The fourth-order valence-corrected chi connectivity index (χ4v) is 4.19. The summed E-state index contributed by atoms with van der Waals surface area (Å²) in [7, 11) is 0. The van der Waals surface area contributed by atoms with Gasteiger partial charge in [0.2, 0.25) is 5.91 Å². The van der Waals surface area contributed by atoms with Crippen LogP contribution in [-0.2, 0) is 9.59 Å². The van der Waals surface area contributed by atoms with Gasteiger partial charge in [-0.25, -0.2) is 4.79 Å². The van der Waals surface area contributed by atoms with Crippen LogP contribution in [0.2, 0.25) is 0 Å². The van der Waals surface area contributed by atoms with Crippen molar-refractivity contribution in [2.45, 2.75) is 76.3 Å². The van der Waals surface area contributed by atoms with Crippen LogP contribution in [0, 0.1) is 0 Å². The number of carbonyl (C=O) groups is 3. The summed E-state index contributed by atoms with van der Waals surface area (Å²) in [5.41, 5.74) is -0.749. The molecule has 2 saturated heterocycles. The van der Waals surface area contributed by atoms with Gasteiger partial charge in [0, 0.05) is 12.6 Å². The summed E-state index contributed by atoms with van der Waals surface area (Å²) in [6.07, 6.45) is 8.65. The lowest BCUT2D eigenvalue weighted by atomic mass is 9.90. The second-order valence-corrected chi connectivity index (χ2v) is 7.25. The first-order valence-electron chi connectivity index (χ1n) is 8.97. The van der Waals surface area contributed by atoms with Gasteiger partial charge in [-0.1, -0.05) is 25.7 Å². The molecule has 0 bridgehead atoms. The molecule has 1 aliphatic carbocycles. The molecule has 2 heterocycles. The Hall–Kier alpha value is -1.59. The van der Waals surface area contributed by atoms with Crippen LogP contribution >= 0.6 is 0 Å². The van der Waals surface area contributed by atoms with E-state index in [1.54, 1.807) is 0 Å². The van der Waals surface area contributed by atoms with E-state index >= 15 is 0 Å². The number of hydrogen-bond donors (Lipinski definition) is 1. The van der Waals surface area contributed by atoms with Crippen LogP contribution in [-0.4, -0.2) is 52.3 Å². The van der Waals surface area contributed by atoms with Crippen molar-refractivity contribution in [2.24, 2.45) is 0 Å². The standard InChI is InChI=1S/C17H27N3O3/c1-13-8-4-7-11-19(13)14(21)12-20-15(22)17(18-16(20)23)9-5-2-3-6-10-17/h13H,2-12H2,1H3,(H,18,23). The first kappa shape index (κ1) is 16.3.